The number of hydrogen-bond acceptors (Lipinski definition) is 8. The van der Waals surface area contributed by atoms with E-state index in [1.807, 2.05) is 55.7 Å². The van der Waals surface area contributed by atoms with Crippen molar-refractivity contribution in [2.75, 3.05) is 24.7 Å². The van der Waals surface area contributed by atoms with Crippen LogP contribution in [0, 0.1) is 0 Å². The summed E-state index contributed by atoms with van der Waals surface area (Å²) in [7, 11) is 0. The molecule has 0 saturated heterocycles. The van der Waals surface area contributed by atoms with Crippen LogP contribution >= 0.6 is 0 Å². The van der Waals surface area contributed by atoms with Crippen LogP contribution in [0.5, 0.6) is 5.75 Å². The number of carbonyl (C=O) groups is 3. The first-order chi connectivity index (χ1) is 19.1. The summed E-state index contributed by atoms with van der Waals surface area (Å²) in [5.41, 5.74) is 2.46. The van der Waals surface area contributed by atoms with Crippen molar-refractivity contribution in [3.63, 3.8) is 0 Å². The Morgan fingerprint density at radius 1 is 0.975 bits per heavy atom. The summed E-state index contributed by atoms with van der Waals surface area (Å²) in [6, 6.07) is 15.7. The molecule has 0 N–H and O–H groups in total. The fourth-order valence-corrected chi connectivity index (χ4v) is 4.86. The van der Waals surface area contributed by atoms with Gasteiger partial charge in [-0.25, -0.2) is 4.79 Å². The van der Waals surface area contributed by atoms with Crippen LogP contribution in [0.25, 0.3) is 10.9 Å². The minimum atomic E-state index is -0.603. The molecule has 1 aliphatic heterocycles. The summed E-state index contributed by atoms with van der Waals surface area (Å²) in [5.74, 6) is -0.515. The van der Waals surface area contributed by atoms with E-state index in [1.165, 1.54) is 0 Å². The minimum absolute atomic E-state index is 0.0936. The smallest absolute Gasteiger partial charge is 0.354 e. The Hall–Kier alpha value is -4.01. The van der Waals surface area contributed by atoms with E-state index in [9.17, 15) is 14.4 Å². The molecule has 0 spiro atoms. The van der Waals surface area contributed by atoms with Gasteiger partial charge in [0.15, 0.2) is 0 Å². The van der Waals surface area contributed by atoms with Gasteiger partial charge in [-0.3, -0.25) is 9.59 Å². The lowest BCUT2D eigenvalue weighted by Gasteiger charge is -2.36. The van der Waals surface area contributed by atoms with Gasteiger partial charge in [0.25, 0.3) is 0 Å². The number of ether oxygens (including phenoxy) is 4. The zero-order valence-corrected chi connectivity index (χ0v) is 23.9. The number of benzene rings is 2. The molecule has 214 valence electrons. The molecule has 1 atom stereocenters. The quantitative estimate of drug-likeness (QED) is 0.249. The van der Waals surface area contributed by atoms with Gasteiger partial charge >= 0.3 is 17.9 Å². The van der Waals surface area contributed by atoms with Crippen LogP contribution in [0.15, 0.2) is 48.5 Å². The molecule has 3 aromatic rings. The van der Waals surface area contributed by atoms with Gasteiger partial charge in [0, 0.05) is 18.5 Å². The number of rotatable bonds is 10. The van der Waals surface area contributed by atoms with Gasteiger partial charge in [-0.15, -0.1) is 0 Å². The zero-order valence-electron chi connectivity index (χ0n) is 23.9. The fraction of sp³-hybridized carbons (Fsp3) is 0.452. The molecular formula is C31H38N2O7. The molecule has 0 radical (unpaired) electrons. The van der Waals surface area contributed by atoms with Gasteiger partial charge in [-0.1, -0.05) is 30.3 Å². The summed E-state index contributed by atoms with van der Waals surface area (Å²) in [6.45, 7) is 10.9. The van der Waals surface area contributed by atoms with E-state index < -0.39 is 17.7 Å². The number of anilines is 1. The topological polar surface area (TPSA) is 96.3 Å². The van der Waals surface area contributed by atoms with Crippen molar-refractivity contribution < 1.29 is 33.3 Å². The van der Waals surface area contributed by atoms with Gasteiger partial charge in [-0.05, 0) is 58.4 Å². The van der Waals surface area contributed by atoms with Gasteiger partial charge < -0.3 is 28.4 Å². The van der Waals surface area contributed by atoms with Gasteiger partial charge in [0.2, 0.25) is 0 Å². The monoisotopic (exact) mass is 550 g/mol. The number of esters is 3. The highest BCUT2D eigenvalue weighted by molar-refractivity contribution is 5.98. The molecule has 2 aromatic carbocycles. The van der Waals surface area contributed by atoms with Gasteiger partial charge in [0.05, 0.1) is 43.8 Å². The Bertz CT molecular complexity index is 1360. The van der Waals surface area contributed by atoms with Crippen LogP contribution in [-0.4, -0.2) is 53.9 Å². The number of hydrogen-bond donors (Lipinski definition) is 0. The Balaban J connectivity index is 1.74. The third-order valence-electron chi connectivity index (χ3n) is 6.40. The molecule has 4 rings (SSSR count). The van der Waals surface area contributed by atoms with Crippen molar-refractivity contribution in [2.24, 2.45) is 0 Å². The number of fused-ring (bicyclic) bond motifs is 2. The first-order valence-electron chi connectivity index (χ1n) is 13.7. The summed E-state index contributed by atoms with van der Waals surface area (Å²) >= 11 is 0. The molecule has 0 aliphatic carbocycles. The Kier molecular flexibility index (Phi) is 9.02. The van der Waals surface area contributed by atoms with Crippen molar-refractivity contribution in [2.45, 2.75) is 72.3 Å². The predicted molar refractivity (Wildman–Crippen MR) is 152 cm³/mol. The van der Waals surface area contributed by atoms with E-state index in [-0.39, 0.29) is 37.9 Å². The average Bonchev–Trinajstić information content (AvgIpc) is 3.23. The van der Waals surface area contributed by atoms with Crippen LogP contribution < -0.4 is 9.64 Å². The molecule has 2 heterocycles. The molecule has 0 fully saturated rings. The molecule has 9 heteroatoms. The molecule has 9 nitrogen and oxygen atoms in total. The minimum Gasteiger partial charge on any atom is -0.486 e. The lowest BCUT2D eigenvalue weighted by molar-refractivity contribution is -0.155. The van der Waals surface area contributed by atoms with Crippen molar-refractivity contribution in [3.05, 3.63) is 59.8 Å². The van der Waals surface area contributed by atoms with Crippen LogP contribution in [0.3, 0.4) is 0 Å². The van der Waals surface area contributed by atoms with Gasteiger partial charge in [-0.2, -0.15) is 0 Å². The maximum atomic E-state index is 12.9. The molecule has 1 unspecified atom stereocenters. The summed E-state index contributed by atoms with van der Waals surface area (Å²) < 4.78 is 24.1. The summed E-state index contributed by atoms with van der Waals surface area (Å²) in [5, 5.41) is 0.766. The van der Waals surface area contributed by atoms with Gasteiger partial charge in [0.1, 0.15) is 23.1 Å². The lowest BCUT2D eigenvalue weighted by Crippen LogP contribution is -2.41. The van der Waals surface area contributed by atoms with Crippen LogP contribution in [0.1, 0.15) is 63.5 Å². The average molecular weight is 551 g/mol. The van der Waals surface area contributed by atoms with Crippen molar-refractivity contribution >= 4 is 34.5 Å². The zero-order chi connectivity index (χ0) is 28.9. The van der Waals surface area contributed by atoms with E-state index in [2.05, 4.69) is 17.0 Å². The number of nitrogens with zero attached hydrogens (tertiary/aromatic N) is 2. The predicted octanol–water partition coefficient (Wildman–Crippen LogP) is 5.27. The number of aryl methyl sites for hydroxylation is 1. The van der Waals surface area contributed by atoms with Crippen molar-refractivity contribution in [3.8, 4) is 5.75 Å². The molecule has 0 saturated carbocycles. The molecule has 1 aliphatic rings. The third kappa shape index (κ3) is 7.14. The van der Waals surface area contributed by atoms with Crippen molar-refractivity contribution in [1.29, 1.82) is 0 Å². The molecule has 40 heavy (non-hydrogen) atoms. The van der Waals surface area contributed by atoms with E-state index in [0.29, 0.717) is 31.1 Å². The first kappa shape index (κ1) is 29.0. The standard InChI is InChI=1S/C31H38N2O7/c1-6-37-29(35)17-23-20-32(19-21-11-9-8-10-12-21)25-18-24-22(16-27(25)39-23)15-26(30(36)38-7-2)33(24)14-13-28(34)40-31(3,4)5/h8-12,15-16,18,23H,6-7,13-14,17,19-20H2,1-5H3. The molecule has 0 bridgehead atoms. The first-order valence-corrected chi connectivity index (χ1v) is 13.7. The van der Waals surface area contributed by atoms with Crippen molar-refractivity contribution in [1.82, 2.24) is 4.57 Å². The van der Waals surface area contributed by atoms with E-state index in [4.69, 9.17) is 18.9 Å². The summed E-state index contributed by atoms with van der Waals surface area (Å²) in [6.07, 6.45) is -0.177. The number of aromatic nitrogens is 1. The molecule has 1 aromatic heterocycles. The highest BCUT2D eigenvalue weighted by atomic mass is 16.6. The van der Waals surface area contributed by atoms with Crippen LogP contribution in [-0.2, 0) is 36.9 Å². The Labute approximate surface area is 234 Å². The second-order valence-electron chi connectivity index (χ2n) is 10.7. The number of carbonyl (C=O) groups excluding carboxylic acids is 3. The largest absolute Gasteiger partial charge is 0.486 e. The Morgan fingerprint density at radius 2 is 1.70 bits per heavy atom. The SMILES string of the molecule is CCOC(=O)CC1CN(Cc2ccccc2)c2cc3c(cc2O1)cc(C(=O)OCC)n3CCC(=O)OC(C)(C)C. The second kappa shape index (κ2) is 12.4. The third-order valence-corrected chi connectivity index (χ3v) is 6.40. The fourth-order valence-electron chi connectivity index (χ4n) is 4.86. The van der Waals surface area contributed by atoms with Crippen LogP contribution in [0.2, 0.25) is 0 Å². The maximum Gasteiger partial charge on any atom is 0.354 e. The highest BCUT2D eigenvalue weighted by Crippen LogP contribution is 2.40. The Morgan fingerprint density at radius 3 is 2.38 bits per heavy atom. The van der Waals surface area contributed by atoms with E-state index in [0.717, 1.165) is 22.2 Å². The molecular weight excluding hydrogens is 512 g/mol. The summed E-state index contributed by atoms with van der Waals surface area (Å²) in [4.78, 5) is 39.9. The lowest BCUT2D eigenvalue weighted by atomic mass is 10.1. The van der Waals surface area contributed by atoms with E-state index >= 15 is 0 Å². The second-order valence-corrected chi connectivity index (χ2v) is 10.7. The van der Waals surface area contributed by atoms with E-state index in [1.54, 1.807) is 19.9 Å². The highest BCUT2D eigenvalue weighted by Gasteiger charge is 2.30. The normalized spacial score (nSPS) is 14.8. The maximum absolute atomic E-state index is 12.9. The molecule has 0 amide bonds. The van der Waals surface area contributed by atoms with Crippen LogP contribution in [0.4, 0.5) is 5.69 Å².